The number of allylic oxidation sites excluding steroid dienone is 3. The highest BCUT2D eigenvalue weighted by Gasteiger charge is 2.51. The summed E-state index contributed by atoms with van der Waals surface area (Å²) < 4.78 is 45.4. The van der Waals surface area contributed by atoms with Gasteiger partial charge in [-0.3, -0.25) is 4.99 Å². The van der Waals surface area contributed by atoms with Crippen LogP contribution in [0.3, 0.4) is 0 Å². The van der Waals surface area contributed by atoms with Gasteiger partial charge in [0.1, 0.15) is 23.1 Å². The second-order valence-electron chi connectivity index (χ2n) is 15.2. The number of aryl methyl sites for hydroxylation is 1. The molecule has 0 spiro atoms. The van der Waals surface area contributed by atoms with Gasteiger partial charge in [0.05, 0.1) is 24.5 Å². The Bertz CT molecular complexity index is 1920. The Morgan fingerprint density at radius 2 is 1.92 bits per heavy atom. The van der Waals surface area contributed by atoms with Crippen molar-refractivity contribution in [2.24, 2.45) is 22.2 Å². The summed E-state index contributed by atoms with van der Waals surface area (Å²) in [5, 5.41) is 12.1. The fraction of sp³-hybridized carbons (Fsp3) is 0.525. The number of nitrogens with zero attached hydrogens (tertiary/aromatic N) is 5. The zero-order valence-corrected chi connectivity index (χ0v) is 29.6. The van der Waals surface area contributed by atoms with Gasteiger partial charge < -0.3 is 24.4 Å². The molecule has 8 nitrogen and oxygen atoms in total. The average molecular weight is 684 g/mol. The first kappa shape index (κ1) is 33.3. The fourth-order valence-electron chi connectivity index (χ4n) is 8.37. The molecule has 5 aliphatic rings. The molecule has 2 saturated carbocycles. The molecule has 2 aliphatic heterocycles. The summed E-state index contributed by atoms with van der Waals surface area (Å²) >= 11 is 0. The normalized spacial score (nSPS) is 24.7. The molecule has 4 fully saturated rings. The number of phenolic OH excluding ortho intramolecular Hbond substituents is 1. The highest BCUT2D eigenvalue weighted by molar-refractivity contribution is 6.51. The van der Waals surface area contributed by atoms with Crippen molar-refractivity contribution in [2.45, 2.75) is 65.8 Å². The molecule has 50 heavy (non-hydrogen) atoms. The van der Waals surface area contributed by atoms with Crippen LogP contribution in [0.4, 0.5) is 14.6 Å². The van der Waals surface area contributed by atoms with Crippen LogP contribution in [0, 0.1) is 23.1 Å². The Hall–Kier alpha value is -3.89. The lowest BCUT2D eigenvalue weighted by atomic mass is 9.81. The van der Waals surface area contributed by atoms with Crippen molar-refractivity contribution in [3.8, 4) is 11.8 Å². The van der Waals surface area contributed by atoms with Gasteiger partial charge in [-0.1, -0.05) is 19.1 Å². The number of anilines is 1. The maximum absolute atomic E-state index is 17.7. The molecule has 2 saturated heterocycles. The van der Waals surface area contributed by atoms with E-state index in [1.165, 1.54) is 31.6 Å². The summed E-state index contributed by atoms with van der Waals surface area (Å²) in [7, 11) is 0. The third-order valence-electron chi connectivity index (χ3n) is 11.1. The minimum absolute atomic E-state index is 0.0415. The van der Waals surface area contributed by atoms with E-state index in [2.05, 4.69) is 9.80 Å². The molecule has 264 valence electrons. The number of likely N-dealkylation sites (tertiary alicyclic amines) is 1. The van der Waals surface area contributed by atoms with Crippen LogP contribution in [-0.4, -0.2) is 84.3 Å². The monoisotopic (exact) mass is 683 g/mol. The number of aliphatic imine (C=N–C) groups is 1. The topological polar surface area (TPSA) is 83.3 Å². The van der Waals surface area contributed by atoms with Gasteiger partial charge in [-0.15, -0.1) is 0 Å². The number of piperidine rings is 1. The Balaban J connectivity index is 1.30. The number of halogens is 2. The highest BCUT2D eigenvalue weighted by atomic mass is 19.1. The second kappa shape index (κ2) is 13.0. The zero-order chi connectivity index (χ0) is 34.7. The first-order chi connectivity index (χ1) is 24.2. The van der Waals surface area contributed by atoms with Crippen molar-refractivity contribution in [1.29, 1.82) is 0 Å². The molecular formula is C40H47F2N5O3. The standard InChI is InChI=1S/C40H47F2N5O3/c1-5-28-31(41)9-8-24-17-27(48)18-30(32(24)28)33-35(42)37-34(29(6-2)36(33)43-23(3)4)38(47-12-7-14-49-15-13-47)45-39(44-37)50-22-40(10-11-40)21-46-19-25-16-26(25)20-46/h6,8-9,17-18,23,25-26,48H,5,7,10-16,19-22H2,1-4H3/b29-6-,43-36?. The molecule has 8 rings (SSSR count). The summed E-state index contributed by atoms with van der Waals surface area (Å²) in [6, 6.07) is 6.10. The van der Waals surface area contributed by atoms with E-state index in [1.807, 2.05) is 33.8 Å². The molecule has 2 aromatic carbocycles. The largest absolute Gasteiger partial charge is 0.508 e. The first-order valence-electron chi connectivity index (χ1n) is 18.4. The molecule has 1 N–H and O–H groups in total. The molecule has 0 radical (unpaired) electrons. The van der Waals surface area contributed by atoms with Gasteiger partial charge in [-0.2, -0.15) is 9.97 Å². The Morgan fingerprint density at radius 3 is 2.64 bits per heavy atom. The predicted octanol–water partition coefficient (Wildman–Crippen LogP) is 7.48. The summed E-state index contributed by atoms with van der Waals surface area (Å²) in [5.74, 6) is 1.33. The lowest BCUT2D eigenvalue weighted by Gasteiger charge is -2.31. The van der Waals surface area contributed by atoms with Gasteiger partial charge in [0.2, 0.25) is 0 Å². The number of benzene rings is 2. The van der Waals surface area contributed by atoms with Crippen LogP contribution in [0.15, 0.2) is 35.3 Å². The first-order valence-corrected chi connectivity index (χ1v) is 18.4. The predicted molar refractivity (Wildman–Crippen MR) is 194 cm³/mol. The summed E-state index contributed by atoms with van der Waals surface area (Å²) in [6.07, 6.45) is 6.69. The van der Waals surface area contributed by atoms with E-state index in [0.717, 1.165) is 37.6 Å². The molecule has 0 amide bonds. The number of ether oxygens (including phenoxy) is 2. The van der Waals surface area contributed by atoms with E-state index in [0.29, 0.717) is 83.9 Å². The number of fused-ring (bicyclic) bond motifs is 3. The molecule has 3 heterocycles. The molecule has 3 aromatic rings. The molecule has 0 bridgehead atoms. The fourth-order valence-corrected chi connectivity index (χ4v) is 8.37. The SMILES string of the molecule is C/C=C1\C(=NC(C)C)C(c2cc(O)cc3ccc(F)c(CC)c23)=C(F)c2nc(OCC3(CN4CC5CC5C4)CC3)nc(N3CCCOCC3)c21. The van der Waals surface area contributed by atoms with Crippen molar-refractivity contribution in [2.75, 3.05) is 57.4 Å². The summed E-state index contributed by atoms with van der Waals surface area (Å²) in [6.45, 7) is 14.0. The minimum Gasteiger partial charge on any atom is -0.508 e. The van der Waals surface area contributed by atoms with Gasteiger partial charge in [-0.05, 0) is 105 Å². The number of hydrogen-bond donors (Lipinski definition) is 1. The maximum Gasteiger partial charge on any atom is 0.319 e. The van der Waals surface area contributed by atoms with Crippen LogP contribution >= 0.6 is 0 Å². The second-order valence-corrected chi connectivity index (χ2v) is 15.2. The van der Waals surface area contributed by atoms with Crippen LogP contribution in [0.25, 0.3) is 27.7 Å². The average Bonchev–Trinajstić information content (AvgIpc) is 4.01. The third-order valence-corrected chi connectivity index (χ3v) is 11.1. The van der Waals surface area contributed by atoms with Gasteiger partial charge in [0.25, 0.3) is 0 Å². The third kappa shape index (κ3) is 6.08. The van der Waals surface area contributed by atoms with E-state index in [4.69, 9.17) is 24.4 Å². The zero-order valence-electron chi connectivity index (χ0n) is 29.6. The molecule has 1 aromatic heterocycles. The van der Waals surface area contributed by atoms with Gasteiger partial charge in [0, 0.05) is 61.9 Å². The molecule has 10 heteroatoms. The van der Waals surface area contributed by atoms with Crippen LogP contribution in [0.1, 0.15) is 75.8 Å². The summed E-state index contributed by atoms with van der Waals surface area (Å²) in [5.41, 5.74) is 2.88. The van der Waals surface area contributed by atoms with E-state index in [-0.39, 0.29) is 40.3 Å². The van der Waals surface area contributed by atoms with E-state index in [9.17, 15) is 5.11 Å². The van der Waals surface area contributed by atoms with Gasteiger partial charge in [0.15, 0.2) is 5.83 Å². The Labute approximate surface area is 292 Å². The van der Waals surface area contributed by atoms with E-state index >= 15 is 8.78 Å². The van der Waals surface area contributed by atoms with Gasteiger partial charge in [-0.25, -0.2) is 8.78 Å². The van der Waals surface area contributed by atoms with Crippen molar-refractivity contribution < 1.29 is 23.4 Å². The number of rotatable bonds is 9. The minimum atomic E-state index is -0.597. The van der Waals surface area contributed by atoms with E-state index in [1.54, 1.807) is 12.1 Å². The Morgan fingerprint density at radius 1 is 1.12 bits per heavy atom. The lowest BCUT2D eigenvalue weighted by Crippen LogP contribution is -2.33. The van der Waals surface area contributed by atoms with E-state index < -0.39 is 5.83 Å². The molecule has 2 atom stereocenters. The van der Waals surface area contributed by atoms with Crippen LogP contribution in [0.2, 0.25) is 0 Å². The van der Waals surface area contributed by atoms with Gasteiger partial charge >= 0.3 is 6.01 Å². The molecule has 2 unspecified atom stereocenters. The number of phenols is 1. The Kier molecular flexibility index (Phi) is 8.66. The lowest BCUT2D eigenvalue weighted by molar-refractivity contribution is 0.152. The number of aromatic nitrogens is 2. The molecule has 3 aliphatic carbocycles. The van der Waals surface area contributed by atoms with Crippen molar-refractivity contribution in [3.05, 3.63) is 58.5 Å². The van der Waals surface area contributed by atoms with Crippen LogP contribution < -0.4 is 9.64 Å². The summed E-state index contributed by atoms with van der Waals surface area (Å²) in [4.78, 5) is 19.6. The highest BCUT2D eigenvalue weighted by Crippen LogP contribution is 2.52. The van der Waals surface area contributed by atoms with Crippen LogP contribution in [-0.2, 0) is 11.2 Å². The van der Waals surface area contributed by atoms with Crippen molar-refractivity contribution in [1.82, 2.24) is 14.9 Å². The molecular weight excluding hydrogens is 636 g/mol. The quantitative estimate of drug-likeness (QED) is 0.251. The van der Waals surface area contributed by atoms with Crippen molar-refractivity contribution >= 4 is 39.3 Å². The number of aromatic hydroxyl groups is 1. The maximum atomic E-state index is 17.7. The van der Waals surface area contributed by atoms with Crippen LogP contribution in [0.5, 0.6) is 11.8 Å². The van der Waals surface area contributed by atoms with Crippen molar-refractivity contribution in [3.63, 3.8) is 0 Å². The number of hydrogen-bond acceptors (Lipinski definition) is 8. The smallest absolute Gasteiger partial charge is 0.319 e.